The van der Waals surface area contributed by atoms with Crippen molar-refractivity contribution >= 4 is 21.4 Å². The van der Waals surface area contributed by atoms with Gasteiger partial charge in [0.1, 0.15) is 13.5 Å². The first kappa shape index (κ1) is 21.5. The van der Waals surface area contributed by atoms with Gasteiger partial charge >= 0.3 is 143 Å². The van der Waals surface area contributed by atoms with Gasteiger partial charge in [0.2, 0.25) is 0 Å². The van der Waals surface area contributed by atoms with Crippen molar-refractivity contribution in [3.63, 3.8) is 0 Å². The minimum absolute atomic E-state index is 0.0649. The molecule has 5 rings (SSSR count). The van der Waals surface area contributed by atoms with E-state index in [4.69, 9.17) is 24.5 Å². The number of azide groups is 1. The van der Waals surface area contributed by atoms with E-state index in [2.05, 4.69) is 35.7 Å². The summed E-state index contributed by atoms with van der Waals surface area (Å²) in [6.07, 6.45) is 4.44. The van der Waals surface area contributed by atoms with Crippen LogP contribution in [0.15, 0.2) is 17.5 Å². The molecule has 1 spiro atoms. The van der Waals surface area contributed by atoms with Gasteiger partial charge in [-0.05, 0) is 0 Å². The average molecular weight is 437 g/mol. The summed E-state index contributed by atoms with van der Waals surface area (Å²) < 4.78 is 25.8. The summed E-state index contributed by atoms with van der Waals surface area (Å²) in [5, 5.41) is 22.1. The molecule has 2 saturated heterocycles. The van der Waals surface area contributed by atoms with Crippen molar-refractivity contribution < 1.29 is 18.9 Å². The van der Waals surface area contributed by atoms with Gasteiger partial charge in [0.05, 0.1) is 6.61 Å². The number of H-pyrrole nitrogens is 1. The number of ether oxygens (including phenoxy) is 4. The summed E-state index contributed by atoms with van der Waals surface area (Å²) in [7, 11) is 2.03. The molecule has 3 aliphatic rings. The van der Waals surface area contributed by atoms with E-state index in [9.17, 15) is 0 Å². The van der Waals surface area contributed by atoms with Gasteiger partial charge in [-0.1, -0.05) is 5.21 Å². The van der Waals surface area contributed by atoms with Crippen molar-refractivity contribution in [2.24, 2.45) is 5.11 Å². The minimum atomic E-state index is -0.324. The molecule has 16 heteroatoms. The van der Waals surface area contributed by atoms with Crippen molar-refractivity contribution in [3.8, 4) is 0 Å². The normalized spacial score (nSPS) is 29.6. The van der Waals surface area contributed by atoms with Crippen LogP contribution in [0.3, 0.4) is 0 Å². The number of aromatic amines is 1. The molecule has 2 aromatic rings. The van der Waals surface area contributed by atoms with E-state index in [-0.39, 0.29) is 42.4 Å². The van der Waals surface area contributed by atoms with E-state index in [1.165, 1.54) is 0 Å². The van der Waals surface area contributed by atoms with Gasteiger partial charge in [-0.2, -0.15) is 0 Å². The first-order valence-electron chi connectivity index (χ1n) is 10.6. The third-order valence-corrected chi connectivity index (χ3v) is 5.87. The zero-order valence-corrected chi connectivity index (χ0v) is 17.6. The molecule has 3 aliphatic heterocycles. The van der Waals surface area contributed by atoms with Gasteiger partial charge < -0.3 is 0 Å². The van der Waals surface area contributed by atoms with E-state index in [0.717, 1.165) is 12.1 Å². The molecule has 0 radical (unpaired) electrons. The van der Waals surface area contributed by atoms with Crippen LogP contribution in [0, 0.1) is 0 Å². The van der Waals surface area contributed by atoms with Crippen molar-refractivity contribution in [2.45, 2.75) is 68.4 Å². The Balaban J connectivity index is 1.13. The van der Waals surface area contributed by atoms with Gasteiger partial charge in [0.15, 0.2) is 0 Å². The topological polar surface area (TPSA) is 158 Å². The van der Waals surface area contributed by atoms with Crippen LogP contribution in [0.4, 0.5) is 0 Å². The molecule has 0 amide bonds. The first-order chi connectivity index (χ1) is 15.6. The fourth-order valence-corrected chi connectivity index (χ4v) is 4.21. The maximum atomic E-state index is 8.60. The van der Waals surface area contributed by atoms with Crippen molar-refractivity contribution in [3.05, 3.63) is 34.2 Å². The molecule has 164 valence electrons. The predicted molar refractivity (Wildman–Crippen MR) is 113 cm³/mol. The SMILES string of the molecule is BC1CC(OCc2c[nH]nn2)C(Cn2cc(COC3CC4(B=B4)OC3CN=[N+]=[N-])nn2)O1. The number of hydrogen-bond acceptors (Lipinski definition) is 9. The summed E-state index contributed by atoms with van der Waals surface area (Å²) >= 11 is 0. The van der Waals surface area contributed by atoms with E-state index in [1.54, 1.807) is 10.9 Å². The molecule has 1 N–H and O–H groups in total. The first-order valence-corrected chi connectivity index (χ1v) is 10.6. The number of hydrogen-bond donors (Lipinski definition) is 1. The molecule has 0 aliphatic carbocycles. The maximum absolute atomic E-state index is 8.60. The van der Waals surface area contributed by atoms with Crippen molar-refractivity contribution in [2.75, 3.05) is 6.54 Å². The Morgan fingerprint density at radius 3 is 2.91 bits per heavy atom. The molecule has 13 nitrogen and oxygen atoms in total. The van der Waals surface area contributed by atoms with Crippen LogP contribution in [0.2, 0.25) is 0 Å². The third-order valence-electron chi connectivity index (χ3n) is 5.87. The van der Waals surface area contributed by atoms with E-state index in [1.807, 2.05) is 27.6 Å². The second kappa shape index (κ2) is 9.24. The van der Waals surface area contributed by atoms with Crippen LogP contribution in [-0.2, 0) is 38.7 Å². The second-order valence-corrected chi connectivity index (χ2v) is 8.38. The van der Waals surface area contributed by atoms with E-state index in [0.29, 0.717) is 31.9 Å². The predicted octanol–water partition coefficient (Wildman–Crippen LogP) is -1.30. The monoisotopic (exact) mass is 437 g/mol. The Bertz CT molecular complexity index is 993. The fourth-order valence-electron chi connectivity index (χ4n) is 4.21. The molecular formula is C16H22B3N9O4. The van der Waals surface area contributed by atoms with Gasteiger partial charge in [0, 0.05) is 6.20 Å². The average Bonchev–Trinajstić information content (AvgIpc) is 3.23. The summed E-state index contributed by atoms with van der Waals surface area (Å²) in [5.74, 6) is 0. The number of nitrogens with zero attached hydrogens (tertiary/aromatic N) is 8. The summed E-state index contributed by atoms with van der Waals surface area (Å²) in [6, 6.07) is 0.104. The number of aromatic nitrogens is 6. The fraction of sp³-hybridized carbons (Fsp3) is 0.750. The van der Waals surface area contributed by atoms with E-state index < -0.39 is 0 Å². The molecule has 32 heavy (non-hydrogen) atoms. The zero-order valence-electron chi connectivity index (χ0n) is 17.6. The number of nitrogens with one attached hydrogen (secondary N) is 1. The molecule has 0 bridgehead atoms. The summed E-state index contributed by atoms with van der Waals surface area (Å²) in [6.45, 7) is 5.44. The van der Waals surface area contributed by atoms with Crippen LogP contribution >= 0.6 is 0 Å². The van der Waals surface area contributed by atoms with Gasteiger partial charge in [-0.25, -0.2) is 0 Å². The summed E-state index contributed by atoms with van der Waals surface area (Å²) in [5.41, 5.74) is 10.1. The molecule has 5 heterocycles. The second-order valence-electron chi connectivity index (χ2n) is 8.38. The summed E-state index contributed by atoms with van der Waals surface area (Å²) in [4.78, 5) is 2.82. The number of rotatable bonds is 10. The zero-order chi connectivity index (χ0) is 22.0. The van der Waals surface area contributed by atoms with Crippen LogP contribution in [-0.4, -0.2) is 94.2 Å². The third kappa shape index (κ3) is 4.99. The van der Waals surface area contributed by atoms with Gasteiger partial charge in [0.25, 0.3) is 0 Å². The van der Waals surface area contributed by atoms with Crippen LogP contribution in [0.25, 0.3) is 10.4 Å². The van der Waals surface area contributed by atoms with Crippen LogP contribution in [0.5, 0.6) is 0 Å². The standard InChI is InChI=1S/C16H22B3N9O4/c17-15-1-11(29-7-9-3-22-26-23-9)14(31-15)6-28-5-10(24-27-28)8-30-12-2-16(18-19-16)32-13(12)4-21-25-20/h3,5,11-15H,1-2,4,6-8,17H2,(H,22,23,26). The Kier molecular flexibility index (Phi) is 6.20. The quantitative estimate of drug-likeness (QED) is 0.208. The Hall–Kier alpha value is -2.38. The Morgan fingerprint density at radius 2 is 2.12 bits per heavy atom. The van der Waals surface area contributed by atoms with E-state index >= 15 is 0 Å². The van der Waals surface area contributed by atoms with Crippen molar-refractivity contribution in [1.82, 2.24) is 30.4 Å². The van der Waals surface area contributed by atoms with Gasteiger partial charge in [-0.15, -0.1) is 5.10 Å². The Labute approximate surface area is 185 Å². The van der Waals surface area contributed by atoms with Gasteiger partial charge in [-0.3, -0.25) is 5.10 Å². The molecule has 2 fully saturated rings. The molecule has 0 aromatic carbocycles. The molecule has 5 atom stereocenters. The molecular weight excluding hydrogens is 415 g/mol. The molecule has 5 unspecified atom stereocenters. The molecule has 2 aromatic heterocycles. The van der Waals surface area contributed by atoms with Crippen LogP contribution in [0.1, 0.15) is 24.2 Å². The Morgan fingerprint density at radius 1 is 1.28 bits per heavy atom. The van der Waals surface area contributed by atoms with Crippen molar-refractivity contribution in [1.29, 1.82) is 0 Å². The van der Waals surface area contributed by atoms with Crippen LogP contribution < -0.4 is 0 Å². The molecule has 0 saturated carbocycles.